The van der Waals surface area contributed by atoms with E-state index in [1.807, 2.05) is 10.6 Å². The van der Waals surface area contributed by atoms with Crippen molar-refractivity contribution in [3.63, 3.8) is 0 Å². The first kappa shape index (κ1) is 10.3. The van der Waals surface area contributed by atoms with Crippen LogP contribution in [-0.4, -0.2) is 17.8 Å². The Hall–Kier alpha value is -1.65. The Balaban J connectivity index is 3.94. The summed E-state index contributed by atoms with van der Waals surface area (Å²) in [5.41, 5.74) is 0.203. The molecule has 2 N–H and O–H groups in total. The number of urea groups is 1. The lowest BCUT2D eigenvalue weighted by atomic mass is 10.3. The third-order valence-corrected chi connectivity index (χ3v) is 0.904. The van der Waals surface area contributed by atoms with Gasteiger partial charge in [0.2, 0.25) is 5.91 Å². The average Bonchev–Trinajstić information content (AvgIpc) is 1.84. The highest BCUT2D eigenvalue weighted by Gasteiger charge is 2.07. The SMILES string of the molecule is C=C(C)C(=O)NC(=O)NC(C)=O. The Labute approximate surface area is 69.8 Å². The fraction of sp³-hybridized carbons (Fsp3) is 0.286. The van der Waals surface area contributed by atoms with Crippen molar-refractivity contribution in [1.82, 2.24) is 10.6 Å². The molecule has 0 aliphatic carbocycles. The molecule has 5 heteroatoms. The molecule has 0 aliphatic rings. The number of imide groups is 2. The second-order valence-electron chi connectivity index (χ2n) is 2.24. The Bertz CT molecular complexity index is 245. The van der Waals surface area contributed by atoms with Gasteiger partial charge in [0.25, 0.3) is 5.91 Å². The van der Waals surface area contributed by atoms with Gasteiger partial charge >= 0.3 is 6.03 Å². The topological polar surface area (TPSA) is 75.3 Å². The smallest absolute Gasteiger partial charge is 0.278 e. The van der Waals surface area contributed by atoms with Crippen molar-refractivity contribution < 1.29 is 14.4 Å². The van der Waals surface area contributed by atoms with E-state index in [1.54, 1.807) is 0 Å². The number of carbonyl (C=O) groups is 3. The van der Waals surface area contributed by atoms with Crippen LogP contribution in [0.15, 0.2) is 12.2 Å². The minimum absolute atomic E-state index is 0.203. The predicted octanol–water partition coefficient (Wildman–Crippen LogP) is -0.0652. The van der Waals surface area contributed by atoms with Crippen LogP contribution in [0.4, 0.5) is 4.79 Å². The summed E-state index contributed by atoms with van der Waals surface area (Å²) in [5, 5.41) is 3.78. The first-order valence-electron chi connectivity index (χ1n) is 3.22. The van der Waals surface area contributed by atoms with E-state index < -0.39 is 17.8 Å². The van der Waals surface area contributed by atoms with Gasteiger partial charge in [0.05, 0.1) is 0 Å². The van der Waals surface area contributed by atoms with Crippen molar-refractivity contribution in [3.8, 4) is 0 Å². The molecule has 0 atom stereocenters. The molecular weight excluding hydrogens is 160 g/mol. The standard InChI is InChI=1S/C7H10N2O3/c1-4(2)6(11)9-7(12)8-5(3)10/h1H2,2-3H3,(H2,8,9,10,11,12). The molecule has 0 rings (SSSR count). The van der Waals surface area contributed by atoms with Crippen molar-refractivity contribution in [1.29, 1.82) is 0 Å². The lowest BCUT2D eigenvalue weighted by Gasteiger charge is -2.01. The Morgan fingerprint density at radius 3 is 1.92 bits per heavy atom. The van der Waals surface area contributed by atoms with Gasteiger partial charge in [0.1, 0.15) is 0 Å². The van der Waals surface area contributed by atoms with E-state index in [4.69, 9.17) is 0 Å². The van der Waals surface area contributed by atoms with Gasteiger partial charge < -0.3 is 0 Å². The summed E-state index contributed by atoms with van der Waals surface area (Å²) >= 11 is 0. The minimum atomic E-state index is -0.838. The van der Waals surface area contributed by atoms with Crippen molar-refractivity contribution in [2.75, 3.05) is 0 Å². The van der Waals surface area contributed by atoms with E-state index in [1.165, 1.54) is 13.8 Å². The molecule has 0 heterocycles. The third-order valence-electron chi connectivity index (χ3n) is 0.904. The third kappa shape index (κ3) is 4.21. The second kappa shape index (κ2) is 4.27. The summed E-state index contributed by atoms with van der Waals surface area (Å²) in [4.78, 5) is 31.7. The lowest BCUT2D eigenvalue weighted by Crippen LogP contribution is -2.41. The molecule has 12 heavy (non-hydrogen) atoms. The van der Waals surface area contributed by atoms with Crippen LogP contribution in [0.25, 0.3) is 0 Å². The molecule has 66 valence electrons. The van der Waals surface area contributed by atoms with Crippen LogP contribution in [0.2, 0.25) is 0 Å². The van der Waals surface area contributed by atoms with Gasteiger partial charge in [0, 0.05) is 12.5 Å². The van der Waals surface area contributed by atoms with Crippen LogP contribution in [-0.2, 0) is 9.59 Å². The van der Waals surface area contributed by atoms with Crippen molar-refractivity contribution in [2.45, 2.75) is 13.8 Å². The molecule has 0 aliphatic heterocycles. The molecule has 0 radical (unpaired) electrons. The molecule has 0 unspecified atom stereocenters. The number of rotatable bonds is 1. The molecule has 0 bridgehead atoms. The summed E-state index contributed by atoms with van der Waals surface area (Å²) in [6, 6.07) is -0.838. The fourth-order valence-electron chi connectivity index (χ4n) is 0.401. The molecule has 0 saturated carbocycles. The summed E-state index contributed by atoms with van der Waals surface area (Å²) in [5.74, 6) is -1.13. The summed E-state index contributed by atoms with van der Waals surface area (Å²) in [7, 11) is 0. The van der Waals surface area contributed by atoms with E-state index in [0.29, 0.717) is 0 Å². The maximum atomic E-state index is 10.8. The Kier molecular flexibility index (Phi) is 3.69. The zero-order valence-electron chi connectivity index (χ0n) is 6.93. The number of carbonyl (C=O) groups excluding carboxylic acids is 3. The summed E-state index contributed by atoms with van der Waals surface area (Å²) < 4.78 is 0. The van der Waals surface area contributed by atoms with Gasteiger partial charge in [0.15, 0.2) is 0 Å². The van der Waals surface area contributed by atoms with Crippen molar-refractivity contribution >= 4 is 17.8 Å². The van der Waals surface area contributed by atoms with Crippen LogP contribution in [0, 0.1) is 0 Å². The fourth-order valence-corrected chi connectivity index (χ4v) is 0.401. The van der Waals surface area contributed by atoms with Crippen LogP contribution in [0.3, 0.4) is 0 Å². The highest BCUT2D eigenvalue weighted by Crippen LogP contribution is 1.84. The average molecular weight is 170 g/mol. The predicted molar refractivity (Wildman–Crippen MR) is 42.2 cm³/mol. The van der Waals surface area contributed by atoms with E-state index in [0.717, 1.165) is 0 Å². The molecule has 0 fully saturated rings. The molecular formula is C7H10N2O3. The maximum absolute atomic E-state index is 10.8. The lowest BCUT2D eigenvalue weighted by molar-refractivity contribution is -0.118. The Morgan fingerprint density at radius 1 is 1.08 bits per heavy atom. The molecule has 0 aromatic heterocycles. The van der Waals surface area contributed by atoms with Crippen LogP contribution >= 0.6 is 0 Å². The molecule has 0 aromatic rings. The Morgan fingerprint density at radius 2 is 1.58 bits per heavy atom. The van der Waals surface area contributed by atoms with E-state index in [9.17, 15) is 14.4 Å². The summed E-state index contributed by atoms with van der Waals surface area (Å²) in [6.45, 7) is 5.94. The van der Waals surface area contributed by atoms with Crippen LogP contribution < -0.4 is 10.6 Å². The van der Waals surface area contributed by atoms with Crippen LogP contribution in [0.1, 0.15) is 13.8 Å². The van der Waals surface area contributed by atoms with Gasteiger partial charge in [-0.3, -0.25) is 20.2 Å². The number of hydrogen-bond donors (Lipinski definition) is 2. The highest BCUT2D eigenvalue weighted by molar-refractivity contribution is 6.06. The van der Waals surface area contributed by atoms with Gasteiger partial charge in [-0.25, -0.2) is 4.79 Å². The first-order chi connectivity index (χ1) is 5.43. The van der Waals surface area contributed by atoms with Gasteiger partial charge in [-0.05, 0) is 6.92 Å². The minimum Gasteiger partial charge on any atom is -0.278 e. The monoisotopic (exact) mass is 170 g/mol. The normalized spacial score (nSPS) is 8.50. The van der Waals surface area contributed by atoms with Crippen molar-refractivity contribution in [3.05, 3.63) is 12.2 Å². The van der Waals surface area contributed by atoms with Gasteiger partial charge in [-0.15, -0.1) is 0 Å². The number of hydrogen-bond acceptors (Lipinski definition) is 3. The maximum Gasteiger partial charge on any atom is 0.328 e. The molecule has 0 saturated heterocycles. The molecule has 5 nitrogen and oxygen atoms in total. The molecule has 4 amide bonds. The second-order valence-corrected chi connectivity index (χ2v) is 2.24. The molecule has 0 aromatic carbocycles. The van der Waals surface area contributed by atoms with E-state index in [-0.39, 0.29) is 5.57 Å². The first-order valence-corrected chi connectivity index (χ1v) is 3.22. The van der Waals surface area contributed by atoms with Gasteiger partial charge in [-0.1, -0.05) is 6.58 Å². The zero-order valence-corrected chi connectivity index (χ0v) is 6.93. The van der Waals surface area contributed by atoms with Crippen molar-refractivity contribution in [2.24, 2.45) is 0 Å². The van der Waals surface area contributed by atoms with Crippen LogP contribution in [0.5, 0.6) is 0 Å². The largest absolute Gasteiger partial charge is 0.328 e. The van der Waals surface area contributed by atoms with Gasteiger partial charge in [-0.2, -0.15) is 0 Å². The number of nitrogens with one attached hydrogen (secondary N) is 2. The quantitative estimate of drug-likeness (QED) is 0.541. The van der Waals surface area contributed by atoms with E-state index >= 15 is 0 Å². The number of amides is 4. The summed E-state index contributed by atoms with van der Waals surface area (Å²) in [6.07, 6.45) is 0. The molecule has 0 spiro atoms. The van der Waals surface area contributed by atoms with E-state index in [2.05, 4.69) is 6.58 Å². The highest BCUT2D eigenvalue weighted by atomic mass is 16.2. The zero-order chi connectivity index (χ0) is 9.72.